The van der Waals surface area contributed by atoms with Gasteiger partial charge in [-0.05, 0) is 45.8 Å². The Morgan fingerprint density at radius 3 is 2.69 bits per heavy atom. The minimum absolute atomic E-state index is 0.358. The highest BCUT2D eigenvalue weighted by Gasteiger charge is 2.21. The van der Waals surface area contributed by atoms with E-state index in [1.54, 1.807) is 0 Å². The van der Waals surface area contributed by atoms with Crippen LogP contribution in [-0.4, -0.2) is 50.8 Å². The van der Waals surface area contributed by atoms with Crippen molar-refractivity contribution in [2.45, 2.75) is 45.3 Å². The largest absolute Gasteiger partial charge is 0.377 e. The molecule has 1 aliphatic rings. The standard InChI is InChI=1S/C13H28N2O/c1-11(2)13(10-14-3)16-9-7-12-6-5-8-15(12)4/h11-14H,5-10H2,1-4H3. The number of hydrogen-bond donors (Lipinski definition) is 1. The molecule has 1 N–H and O–H groups in total. The molecule has 0 aromatic carbocycles. The second kappa shape index (κ2) is 7.25. The Morgan fingerprint density at radius 2 is 2.19 bits per heavy atom. The molecule has 0 aromatic rings. The summed E-state index contributed by atoms with van der Waals surface area (Å²) in [5.41, 5.74) is 0. The van der Waals surface area contributed by atoms with Gasteiger partial charge >= 0.3 is 0 Å². The fraction of sp³-hybridized carbons (Fsp3) is 1.00. The second-order valence-electron chi connectivity index (χ2n) is 5.28. The van der Waals surface area contributed by atoms with Crippen LogP contribution < -0.4 is 5.32 Å². The third-order valence-corrected chi connectivity index (χ3v) is 3.60. The molecule has 1 aliphatic heterocycles. The van der Waals surface area contributed by atoms with Crippen molar-refractivity contribution < 1.29 is 4.74 Å². The van der Waals surface area contributed by atoms with Crippen LogP contribution in [0, 0.1) is 5.92 Å². The van der Waals surface area contributed by atoms with Crippen LogP contribution in [-0.2, 0) is 4.74 Å². The number of nitrogens with zero attached hydrogens (tertiary/aromatic N) is 1. The molecular formula is C13H28N2O. The third kappa shape index (κ3) is 4.40. The van der Waals surface area contributed by atoms with E-state index in [2.05, 4.69) is 31.1 Å². The SMILES string of the molecule is CNCC(OCCC1CCCN1C)C(C)C. The summed E-state index contributed by atoms with van der Waals surface area (Å²) in [6, 6.07) is 0.752. The first-order valence-electron chi connectivity index (χ1n) is 6.61. The Labute approximate surface area is 101 Å². The normalized spacial score (nSPS) is 24.2. The van der Waals surface area contributed by atoms with Crippen molar-refractivity contribution in [3.63, 3.8) is 0 Å². The molecule has 2 atom stereocenters. The van der Waals surface area contributed by atoms with Crippen LogP contribution >= 0.6 is 0 Å². The van der Waals surface area contributed by atoms with Gasteiger partial charge in [0.15, 0.2) is 0 Å². The summed E-state index contributed by atoms with van der Waals surface area (Å²) in [5, 5.41) is 3.20. The topological polar surface area (TPSA) is 24.5 Å². The maximum Gasteiger partial charge on any atom is 0.0722 e. The maximum atomic E-state index is 5.97. The molecule has 2 unspecified atom stereocenters. The van der Waals surface area contributed by atoms with Gasteiger partial charge in [0, 0.05) is 19.2 Å². The molecule has 1 rings (SSSR count). The van der Waals surface area contributed by atoms with E-state index in [1.807, 2.05) is 7.05 Å². The Kier molecular flexibility index (Phi) is 6.32. The van der Waals surface area contributed by atoms with Crippen LogP contribution in [0.5, 0.6) is 0 Å². The van der Waals surface area contributed by atoms with E-state index >= 15 is 0 Å². The van der Waals surface area contributed by atoms with Gasteiger partial charge < -0.3 is 15.0 Å². The Balaban J connectivity index is 2.17. The van der Waals surface area contributed by atoms with E-state index in [4.69, 9.17) is 4.74 Å². The summed E-state index contributed by atoms with van der Waals surface area (Å²) >= 11 is 0. The molecule has 0 amide bonds. The highest BCUT2D eigenvalue weighted by Crippen LogP contribution is 2.18. The maximum absolute atomic E-state index is 5.97. The first-order valence-corrected chi connectivity index (χ1v) is 6.61. The molecule has 16 heavy (non-hydrogen) atoms. The molecular weight excluding hydrogens is 200 g/mol. The summed E-state index contributed by atoms with van der Waals surface area (Å²) in [7, 11) is 4.22. The monoisotopic (exact) mass is 228 g/mol. The summed E-state index contributed by atoms with van der Waals surface area (Å²) in [4.78, 5) is 2.46. The van der Waals surface area contributed by atoms with Crippen LogP contribution in [0.4, 0.5) is 0 Å². The summed E-state index contributed by atoms with van der Waals surface area (Å²) in [5.74, 6) is 0.591. The number of nitrogens with one attached hydrogen (secondary N) is 1. The van der Waals surface area contributed by atoms with Gasteiger partial charge in [0.25, 0.3) is 0 Å². The lowest BCUT2D eigenvalue weighted by Crippen LogP contribution is -2.33. The smallest absolute Gasteiger partial charge is 0.0722 e. The van der Waals surface area contributed by atoms with Crippen molar-refractivity contribution in [3.8, 4) is 0 Å². The summed E-state index contributed by atoms with van der Waals surface area (Å²) in [6.45, 7) is 7.57. The highest BCUT2D eigenvalue weighted by molar-refractivity contribution is 4.76. The lowest BCUT2D eigenvalue weighted by atomic mass is 10.1. The molecule has 0 bridgehead atoms. The average molecular weight is 228 g/mol. The van der Waals surface area contributed by atoms with Gasteiger partial charge in [-0.15, -0.1) is 0 Å². The molecule has 1 fully saturated rings. The fourth-order valence-electron chi connectivity index (χ4n) is 2.39. The minimum atomic E-state index is 0.358. The van der Waals surface area contributed by atoms with Gasteiger partial charge in [-0.25, -0.2) is 0 Å². The fourth-order valence-corrected chi connectivity index (χ4v) is 2.39. The molecule has 0 radical (unpaired) electrons. The quantitative estimate of drug-likeness (QED) is 0.718. The van der Waals surface area contributed by atoms with Crippen molar-refractivity contribution in [1.82, 2.24) is 10.2 Å². The van der Waals surface area contributed by atoms with E-state index in [1.165, 1.54) is 25.8 Å². The zero-order chi connectivity index (χ0) is 12.0. The Bertz CT molecular complexity index is 185. The van der Waals surface area contributed by atoms with E-state index < -0.39 is 0 Å². The first-order chi connectivity index (χ1) is 7.65. The third-order valence-electron chi connectivity index (χ3n) is 3.60. The van der Waals surface area contributed by atoms with Gasteiger partial charge in [0.2, 0.25) is 0 Å². The Hall–Kier alpha value is -0.120. The van der Waals surface area contributed by atoms with Gasteiger partial charge in [0.1, 0.15) is 0 Å². The molecule has 1 saturated heterocycles. The van der Waals surface area contributed by atoms with Gasteiger partial charge in [-0.3, -0.25) is 0 Å². The van der Waals surface area contributed by atoms with Gasteiger partial charge in [-0.1, -0.05) is 13.8 Å². The highest BCUT2D eigenvalue weighted by atomic mass is 16.5. The van der Waals surface area contributed by atoms with Crippen LogP contribution in [0.3, 0.4) is 0 Å². The van der Waals surface area contributed by atoms with Gasteiger partial charge in [0.05, 0.1) is 6.10 Å². The zero-order valence-corrected chi connectivity index (χ0v) is 11.3. The number of likely N-dealkylation sites (N-methyl/N-ethyl adjacent to an activating group) is 1. The van der Waals surface area contributed by atoms with E-state index in [0.717, 1.165) is 19.2 Å². The molecule has 96 valence electrons. The van der Waals surface area contributed by atoms with Crippen molar-refractivity contribution in [1.29, 1.82) is 0 Å². The summed E-state index contributed by atoms with van der Waals surface area (Å²) in [6.07, 6.45) is 4.24. The second-order valence-corrected chi connectivity index (χ2v) is 5.28. The molecule has 0 spiro atoms. The molecule has 1 heterocycles. The molecule has 0 aliphatic carbocycles. The number of rotatable bonds is 7. The van der Waals surface area contributed by atoms with E-state index in [-0.39, 0.29) is 0 Å². The van der Waals surface area contributed by atoms with Gasteiger partial charge in [-0.2, -0.15) is 0 Å². The molecule has 0 saturated carbocycles. The Morgan fingerprint density at radius 1 is 1.44 bits per heavy atom. The van der Waals surface area contributed by atoms with Crippen molar-refractivity contribution in [2.24, 2.45) is 5.92 Å². The van der Waals surface area contributed by atoms with E-state index in [9.17, 15) is 0 Å². The van der Waals surface area contributed by atoms with E-state index in [0.29, 0.717) is 12.0 Å². The van der Waals surface area contributed by atoms with Crippen molar-refractivity contribution >= 4 is 0 Å². The number of hydrogen-bond acceptors (Lipinski definition) is 3. The zero-order valence-electron chi connectivity index (χ0n) is 11.3. The molecule has 3 nitrogen and oxygen atoms in total. The van der Waals surface area contributed by atoms with Crippen LogP contribution in [0.15, 0.2) is 0 Å². The molecule has 3 heteroatoms. The van der Waals surface area contributed by atoms with Crippen molar-refractivity contribution in [3.05, 3.63) is 0 Å². The number of likely N-dealkylation sites (tertiary alicyclic amines) is 1. The average Bonchev–Trinajstić information content (AvgIpc) is 2.63. The number of ether oxygens (including phenoxy) is 1. The van der Waals surface area contributed by atoms with Crippen molar-refractivity contribution in [2.75, 3.05) is 33.8 Å². The van der Waals surface area contributed by atoms with Crippen LogP contribution in [0.2, 0.25) is 0 Å². The predicted molar refractivity (Wildman–Crippen MR) is 68.8 cm³/mol. The van der Waals surface area contributed by atoms with Crippen LogP contribution in [0.1, 0.15) is 33.1 Å². The first kappa shape index (κ1) is 13.9. The lowest BCUT2D eigenvalue weighted by Gasteiger charge is -2.24. The molecule has 0 aromatic heterocycles. The summed E-state index contributed by atoms with van der Waals surface area (Å²) < 4.78 is 5.97. The van der Waals surface area contributed by atoms with Crippen LogP contribution in [0.25, 0.3) is 0 Å². The minimum Gasteiger partial charge on any atom is -0.377 e. The lowest BCUT2D eigenvalue weighted by molar-refractivity contribution is 0.0156. The predicted octanol–water partition coefficient (Wildman–Crippen LogP) is 1.73.